The Hall–Kier alpha value is -1.79. The van der Waals surface area contributed by atoms with Crippen molar-refractivity contribution in [3.05, 3.63) is 18.2 Å². The summed E-state index contributed by atoms with van der Waals surface area (Å²) in [7, 11) is 4.75. The van der Waals surface area contributed by atoms with Gasteiger partial charge in [0, 0.05) is 31.8 Å². The maximum Gasteiger partial charge on any atom is 0.227 e. The highest BCUT2D eigenvalue weighted by Gasteiger charge is 2.17. The summed E-state index contributed by atoms with van der Waals surface area (Å²) in [5, 5.41) is 0. The Morgan fingerprint density at radius 3 is 2.48 bits per heavy atom. The predicted molar refractivity (Wildman–Crippen MR) is 82.1 cm³/mol. The second kappa shape index (κ2) is 9.20. The second-order valence-electron chi connectivity index (χ2n) is 4.47. The van der Waals surface area contributed by atoms with Crippen molar-refractivity contribution in [3.63, 3.8) is 0 Å². The minimum atomic E-state index is 0.0183. The number of nitrogens with zero attached hydrogens (tertiary/aromatic N) is 1. The molecule has 6 nitrogen and oxygen atoms in total. The number of anilines is 1. The van der Waals surface area contributed by atoms with E-state index in [1.807, 2.05) is 6.07 Å². The molecule has 0 aliphatic rings. The first kappa shape index (κ1) is 17.3. The Bertz CT molecular complexity index is 451. The van der Waals surface area contributed by atoms with Crippen molar-refractivity contribution in [1.82, 2.24) is 0 Å². The van der Waals surface area contributed by atoms with Crippen LogP contribution < -0.4 is 20.1 Å². The summed E-state index contributed by atoms with van der Waals surface area (Å²) in [5.74, 6) is 1.23. The van der Waals surface area contributed by atoms with E-state index in [-0.39, 0.29) is 5.91 Å². The number of hydrogen-bond donors (Lipinski definition) is 1. The van der Waals surface area contributed by atoms with E-state index in [2.05, 4.69) is 0 Å². The van der Waals surface area contributed by atoms with E-state index in [0.29, 0.717) is 44.0 Å². The van der Waals surface area contributed by atoms with Gasteiger partial charge in [-0.2, -0.15) is 0 Å². The van der Waals surface area contributed by atoms with Crippen LogP contribution in [0.3, 0.4) is 0 Å². The van der Waals surface area contributed by atoms with Gasteiger partial charge >= 0.3 is 0 Å². The van der Waals surface area contributed by atoms with Crippen LogP contribution in [-0.4, -0.2) is 46.9 Å². The van der Waals surface area contributed by atoms with E-state index in [9.17, 15) is 4.79 Å². The Balaban J connectivity index is 2.98. The van der Waals surface area contributed by atoms with E-state index in [4.69, 9.17) is 19.9 Å². The molecule has 0 saturated heterocycles. The van der Waals surface area contributed by atoms with Crippen molar-refractivity contribution >= 4 is 11.6 Å². The highest BCUT2D eigenvalue weighted by atomic mass is 16.5. The molecule has 0 heterocycles. The fraction of sp³-hybridized carbons (Fsp3) is 0.533. The molecule has 1 aromatic rings. The summed E-state index contributed by atoms with van der Waals surface area (Å²) >= 11 is 0. The average Bonchev–Trinajstić information content (AvgIpc) is 2.52. The van der Waals surface area contributed by atoms with E-state index < -0.39 is 0 Å². The van der Waals surface area contributed by atoms with Gasteiger partial charge in [0.05, 0.1) is 20.8 Å². The normalized spacial score (nSPS) is 10.3. The van der Waals surface area contributed by atoms with Crippen LogP contribution in [0.15, 0.2) is 18.2 Å². The summed E-state index contributed by atoms with van der Waals surface area (Å²) in [6, 6.07) is 5.40. The topological polar surface area (TPSA) is 74.0 Å². The number of benzene rings is 1. The lowest BCUT2D eigenvalue weighted by molar-refractivity contribution is -0.118. The van der Waals surface area contributed by atoms with Crippen molar-refractivity contribution < 1.29 is 19.0 Å². The average molecular weight is 296 g/mol. The van der Waals surface area contributed by atoms with Crippen LogP contribution >= 0.6 is 0 Å². The molecule has 1 rings (SSSR count). The van der Waals surface area contributed by atoms with Gasteiger partial charge < -0.3 is 24.8 Å². The van der Waals surface area contributed by atoms with Gasteiger partial charge in [0.1, 0.15) is 0 Å². The van der Waals surface area contributed by atoms with E-state index in [0.717, 1.165) is 5.69 Å². The molecular formula is C15H24N2O4. The van der Waals surface area contributed by atoms with Crippen LogP contribution in [0.25, 0.3) is 0 Å². The molecule has 0 spiro atoms. The predicted octanol–water partition coefficient (Wildman–Crippen LogP) is 1.42. The van der Waals surface area contributed by atoms with Gasteiger partial charge in [-0.25, -0.2) is 0 Å². The highest BCUT2D eigenvalue weighted by molar-refractivity contribution is 5.93. The molecule has 0 fully saturated rings. The molecule has 1 aromatic carbocycles. The minimum Gasteiger partial charge on any atom is -0.493 e. The number of hydrogen-bond acceptors (Lipinski definition) is 5. The van der Waals surface area contributed by atoms with E-state index in [1.54, 1.807) is 38.4 Å². The van der Waals surface area contributed by atoms with E-state index >= 15 is 0 Å². The molecule has 118 valence electrons. The second-order valence-corrected chi connectivity index (χ2v) is 4.47. The van der Waals surface area contributed by atoms with Gasteiger partial charge in [0.15, 0.2) is 11.5 Å². The van der Waals surface area contributed by atoms with Crippen molar-refractivity contribution in [2.24, 2.45) is 5.73 Å². The van der Waals surface area contributed by atoms with Crippen molar-refractivity contribution in [1.29, 1.82) is 0 Å². The van der Waals surface area contributed by atoms with Crippen molar-refractivity contribution in [3.8, 4) is 11.5 Å². The molecule has 0 unspecified atom stereocenters. The van der Waals surface area contributed by atoms with Gasteiger partial charge in [0.2, 0.25) is 5.91 Å². The minimum absolute atomic E-state index is 0.0183. The summed E-state index contributed by atoms with van der Waals surface area (Å²) < 4.78 is 15.6. The maximum atomic E-state index is 12.3. The van der Waals surface area contributed by atoms with Crippen LogP contribution in [0.1, 0.15) is 12.8 Å². The number of carbonyl (C=O) groups excluding carboxylic acids is 1. The smallest absolute Gasteiger partial charge is 0.227 e. The first-order valence-corrected chi connectivity index (χ1v) is 6.89. The van der Waals surface area contributed by atoms with Crippen molar-refractivity contribution in [2.45, 2.75) is 12.8 Å². The number of methoxy groups -OCH3 is 3. The largest absolute Gasteiger partial charge is 0.493 e. The highest BCUT2D eigenvalue weighted by Crippen LogP contribution is 2.31. The zero-order chi connectivity index (χ0) is 15.7. The Labute approximate surface area is 125 Å². The van der Waals surface area contributed by atoms with Gasteiger partial charge in [-0.1, -0.05) is 0 Å². The fourth-order valence-corrected chi connectivity index (χ4v) is 1.96. The van der Waals surface area contributed by atoms with Crippen LogP contribution in [0.4, 0.5) is 5.69 Å². The van der Waals surface area contributed by atoms with Gasteiger partial charge in [-0.3, -0.25) is 4.79 Å². The van der Waals surface area contributed by atoms with Crippen molar-refractivity contribution in [2.75, 3.05) is 45.9 Å². The summed E-state index contributed by atoms with van der Waals surface area (Å²) in [5.41, 5.74) is 6.22. The molecule has 0 aromatic heterocycles. The lowest BCUT2D eigenvalue weighted by Gasteiger charge is -2.23. The Morgan fingerprint density at radius 1 is 1.19 bits per heavy atom. The standard InChI is InChI=1S/C15H24N2O4/c1-19-10-9-17(15(18)5-4-8-16)12-6-7-13(20-2)14(11-12)21-3/h6-7,11H,4-5,8-10,16H2,1-3H3. The summed E-state index contributed by atoms with van der Waals surface area (Å²) in [4.78, 5) is 14.0. The molecule has 0 atom stereocenters. The quantitative estimate of drug-likeness (QED) is 0.746. The third kappa shape index (κ3) is 4.91. The summed E-state index contributed by atoms with van der Waals surface area (Å²) in [6.45, 7) is 1.44. The monoisotopic (exact) mass is 296 g/mol. The van der Waals surface area contributed by atoms with Gasteiger partial charge in [-0.05, 0) is 25.1 Å². The van der Waals surface area contributed by atoms with Gasteiger partial charge in [-0.15, -0.1) is 0 Å². The molecule has 0 bridgehead atoms. The Kier molecular flexibility index (Phi) is 7.56. The molecule has 0 aliphatic carbocycles. The molecule has 0 aliphatic heterocycles. The molecule has 2 N–H and O–H groups in total. The third-order valence-corrected chi connectivity index (χ3v) is 3.09. The molecule has 0 saturated carbocycles. The van der Waals surface area contributed by atoms with Crippen LogP contribution in [0.5, 0.6) is 11.5 Å². The molecule has 6 heteroatoms. The van der Waals surface area contributed by atoms with Crippen LogP contribution in [0.2, 0.25) is 0 Å². The van der Waals surface area contributed by atoms with Gasteiger partial charge in [0.25, 0.3) is 0 Å². The third-order valence-electron chi connectivity index (χ3n) is 3.09. The van der Waals surface area contributed by atoms with E-state index in [1.165, 1.54) is 0 Å². The zero-order valence-electron chi connectivity index (χ0n) is 12.9. The lowest BCUT2D eigenvalue weighted by atomic mass is 10.2. The van der Waals surface area contributed by atoms with Crippen LogP contribution in [-0.2, 0) is 9.53 Å². The zero-order valence-corrected chi connectivity index (χ0v) is 12.9. The fourth-order valence-electron chi connectivity index (χ4n) is 1.96. The number of rotatable bonds is 9. The molecule has 1 amide bonds. The number of ether oxygens (including phenoxy) is 3. The Morgan fingerprint density at radius 2 is 1.90 bits per heavy atom. The lowest BCUT2D eigenvalue weighted by Crippen LogP contribution is -2.34. The summed E-state index contributed by atoms with van der Waals surface area (Å²) in [6.07, 6.45) is 1.07. The molecule has 0 radical (unpaired) electrons. The number of nitrogens with two attached hydrogens (primary N) is 1. The number of amides is 1. The maximum absolute atomic E-state index is 12.3. The first-order chi connectivity index (χ1) is 10.2. The SMILES string of the molecule is COCCN(C(=O)CCCN)c1ccc(OC)c(OC)c1. The molecular weight excluding hydrogens is 272 g/mol. The first-order valence-electron chi connectivity index (χ1n) is 6.89. The number of carbonyl (C=O) groups is 1. The van der Waals surface area contributed by atoms with Crippen LogP contribution in [0, 0.1) is 0 Å². The molecule has 21 heavy (non-hydrogen) atoms.